The first-order valence-electron chi connectivity index (χ1n) is 8.20. The van der Waals surface area contributed by atoms with E-state index in [9.17, 15) is 4.79 Å². The van der Waals surface area contributed by atoms with Gasteiger partial charge in [-0.15, -0.1) is 0 Å². The highest BCUT2D eigenvalue weighted by Crippen LogP contribution is 2.22. The predicted molar refractivity (Wildman–Crippen MR) is 90.4 cm³/mol. The predicted octanol–water partition coefficient (Wildman–Crippen LogP) is 2.00. The third kappa shape index (κ3) is 4.98. The van der Waals surface area contributed by atoms with Crippen LogP contribution in [0.1, 0.15) is 36.7 Å². The number of amides is 1. The Morgan fingerprint density at radius 1 is 1.45 bits per heavy atom. The molecule has 0 bridgehead atoms. The van der Waals surface area contributed by atoms with Gasteiger partial charge in [-0.2, -0.15) is 0 Å². The molecular weight excluding hydrogens is 276 g/mol. The number of rotatable bonds is 6. The van der Waals surface area contributed by atoms with Crippen LogP contribution in [0.5, 0.6) is 0 Å². The lowest BCUT2D eigenvalue weighted by Crippen LogP contribution is -2.34. The highest BCUT2D eigenvalue weighted by Gasteiger charge is 2.17. The quantitative estimate of drug-likeness (QED) is 0.817. The second-order valence-corrected chi connectivity index (χ2v) is 6.51. The molecule has 0 saturated carbocycles. The van der Waals surface area contributed by atoms with Crippen molar-refractivity contribution in [3.63, 3.8) is 0 Å². The third-order valence-corrected chi connectivity index (χ3v) is 4.07. The molecule has 5 nitrogen and oxygen atoms in total. The molecule has 2 heterocycles. The second kappa shape index (κ2) is 8.13. The Hall–Kier alpha value is -1.62. The van der Waals surface area contributed by atoms with Gasteiger partial charge in [0.2, 0.25) is 0 Å². The molecule has 1 atom stereocenters. The lowest BCUT2D eigenvalue weighted by atomic mass is 10.00. The van der Waals surface area contributed by atoms with Gasteiger partial charge in [0.1, 0.15) is 5.69 Å². The summed E-state index contributed by atoms with van der Waals surface area (Å²) in [7, 11) is 4.06. The van der Waals surface area contributed by atoms with E-state index in [0.717, 1.165) is 37.7 Å². The SMILES string of the molecule is CC1CCCN(c2ccc(C(=O)NCCCN(C)C)nc2)C1. The van der Waals surface area contributed by atoms with Gasteiger partial charge in [0.05, 0.1) is 11.9 Å². The maximum atomic E-state index is 12.0. The van der Waals surface area contributed by atoms with Crippen LogP contribution in [-0.2, 0) is 0 Å². The van der Waals surface area contributed by atoms with Crippen molar-refractivity contribution in [2.24, 2.45) is 5.92 Å². The van der Waals surface area contributed by atoms with Gasteiger partial charge >= 0.3 is 0 Å². The molecule has 1 unspecified atom stereocenters. The number of pyridine rings is 1. The van der Waals surface area contributed by atoms with Crippen LogP contribution < -0.4 is 10.2 Å². The van der Waals surface area contributed by atoms with E-state index in [2.05, 4.69) is 27.0 Å². The van der Waals surface area contributed by atoms with Crippen LogP contribution in [0.15, 0.2) is 18.3 Å². The molecule has 1 amide bonds. The van der Waals surface area contributed by atoms with Gasteiger partial charge in [-0.25, -0.2) is 4.98 Å². The molecule has 5 heteroatoms. The zero-order valence-electron chi connectivity index (χ0n) is 14.0. The summed E-state index contributed by atoms with van der Waals surface area (Å²) in [6.07, 6.45) is 5.31. The van der Waals surface area contributed by atoms with Crippen LogP contribution in [0.2, 0.25) is 0 Å². The fraction of sp³-hybridized carbons (Fsp3) is 0.647. The van der Waals surface area contributed by atoms with Gasteiger partial charge in [-0.3, -0.25) is 4.79 Å². The monoisotopic (exact) mass is 304 g/mol. The highest BCUT2D eigenvalue weighted by molar-refractivity contribution is 5.92. The molecule has 122 valence electrons. The van der Waals surface area contributed by atoms with Gasteiger partial charge in [0, 0.05) is 19.6 Å². The molecule has 1 saturated heterocycles. The number of hydrogen-bond acceptors (Lipinski definition) is 4. The van der Waals surface area contributed by atoms with E-state index in [-0.39, 0.29) is 5.91 Å². The average molecular weight is 304 g/mol. The number of carbonyl (C=O) groups excluding carboxylic acids is 1. The Morgan fingerprint density at radius 3 is 2.91 bits per heavy atom. The zero-order valence-corrected chi connectivity index (χ0v) is 14.0. The normalized spacial score (nSPS) is 18.5. The Morgan fingerprint density at radius 2 is 2.27 bits per heavy atom. The molecule has 1 aromatic heterocycles. The molecule has 0 spiro atoms. The van der Waals surface area contributed by atoms with Crippen molar-refractivity contribution in [3.8, 4) is 0 Å². The molecule has 0 aliphatic carbocycles. The van der Waals surface area contributed by atoms with Gasteiger partial charge in [0.15, 0.2) is 0 Å². The number of hydrogen-bond donors (Lipinski definition) is 1. The summed E-state index contributed by atoms with van der Waals surface area (Å²) in [6, 6.07) is 3.84. The van der Waals surface area contributed by atoms with E-state index in [1.165, 1.54) is 12.8 Å². The van der Waals surface area contributed by atoms with Crippen molar-refractivity contribution in [3.05, 3.63) is 24.0 Å². The van der Waals surface area contributed by atoms with Crippen molar-refractivity contribution in [1.82, 2.24) is 15.2 Å². The van der Waals surface area contributed by atoms with Crippen molar-refractivity contribution < 1.29 is 4.79 Å². The Labute approximate surface area is 133 Å². The van der Waals surface area contributed by atoms with E-state index < -0.39 is 0 Å². The second-order valence-electron chi connectivity index (χ2n) is 6.51. The molecule has 1 N–H and O–H groups in total. The fourth-order valence-corrected chi connectivity index (χ4v) is 2.82. The Kier molecular flexibility index (Phi) is 6.19. The summed E-state index contributed by atoms with van der Waals surface area (Å²) in [5.74, 6) is 0.644. The van der Waals surface area contributed by atoms with Crippen LogP contribution in [0.4, 0.5) is 5.69 Å². The summed E-state index contributed by atoms with van der Waals surface area (Å²) in [4.78, 5) is 20.8. The van der Waals surface area contributed by atoms with E-state index in [0.29, 0.717) is 12.2 Å². The molecule has 0 radical (unpaired) electrons. The third-order valence-electron chi connectivity index (χ3n) is 4.07. The van der Waals surface area contributed by atoms with Crippen molar-refractivity contribution in [1.29, 1.82) is 0 Å². The van der Waals surface area contributed by atoms with E-state index in [4.69, 9.17) is 0 Å². The lowest BCUT2D eigenvalue weighted by molar-refractivity contribution is 0.0947. The largest absolute Gasteiger partial charge is 0.370 e. The molecule has 1 aromatic rings. The summed E-state index contributed by atoms with van der Waals surface area (Å²) >= 11 is 0. The summed E-state index contributed by atoms with van der Waals surface area (Å²) in [5.41, 5.74) is 1.62. The minimum absolute atomic E-state index is 0.0858. The average Bonchev–Trinajstić information content (AvgIpc) is 2.51. The standard InChI is InChI=1S/C17H28N4O/c1-14-6-4-11-21(13-14)15-7-8-16(19-12-15)17(22)18-9-5-10-20(2)3/h7-8,12,14H,4-6,9-11,13H2,1-3H3,(H,18,22). The smallest absolute Gasteiger partial charge is 0.269 e. The first-order valence-corrected chi connectivity index (χ1v) is 8.20. The summed E-state index contributed by atoms with van der Waals surface area (Å²) < 4.78 is 0. The van der Waals surface area contributed by atoms with Crippen molar-refractivity contribution in [2.75, 3.05) is 45.2 Å². The van der Waals surface area contributed by atoms with Gasteiger partial charge in [0.25, 0.3) is 5.91 Å². The van der Waals surface area contributed by atoms with Crippen LogP contribution in [0, 0.1) is 5.92 Å². The van der Waals surface area contributed by atoms with Gasteiger partial charge in [-0.1, -0.05) is 6.92 Å². The Balaban J connectivity index is 1.84. The molecule has 22 heavy (non-hydrogen) atoms. The minimum Gasteiger partial charge on any atom is -0.370 e. The van der Waals surface area contributed by atoms with E-state index in [1.54, 1.807) is 0 Å². The fourth-order valence-electron chi connectivity index (χ4n) is 2.82. The topological polar surface area (TPSA) is 48.5 Å². The maximum absolute atomic E-state index is 12.0. The first-order chi connectivity index (χ1) is 10.6. The summed E-state index contributed by atoms with van der Waals surface area (Å²) in [5, 5.41) is 2.92. The minimum atomic E-state index is -0.0858. The number of aromatic nitrogens is 1. The molecule has 1 aliphatic rings. The summed E-state index contributed by atoms with van der Waals surface area (Å²) in [6.45, 7) is 6.11. The zero-order chi connectivity index (χ0) is 15.9. The van der Waals surface area contributed by atoms with Crippen LogP contribution >= 0.6 is 0 Å². The maximum Gasteiger partial charge on any atom is 0.269 e. The number of piperidine rings is 1. The highest BCUT2D eigenvalue weighted by atomic mass is 16.1. The number of anilines is 1. The first kappa shape index (κ1) is 16.7. The number of carbonyl (C=O) groups is 1. The van der Waals surface area contributed by atoms with Crippen LogP contribution in [0.25, 0.3) is 0 Å². The van der Waals surface area contributed by atoms with E-state index >= 15 is 0 Å². The molecule has 1 aliphatic heterocycles. The van der Waals surface area contributed by atoms with Crippen LogP contribution in [-0.4, -0.2) is 56.1 Å². The number of nitrogens with one attached hydrogen (secondary N) is 1. The Bertz CT molecular complexity index is 472. The molecule has 0 aromatic carbocycles. The molecule has 2 rings (SSSR count). The van der Waals surface area contributed by atoms with E-state index in [1.807, 2.05) is 32.4 Å². The van der Waals surface area contributed by atoms with Crippen molar-refractivity contribution in [2.45, 2.75) is 26.2 Å². The van der Waals surface area contributed by atoms with Crippen molar-refractivity contribution >= 4 is 11.6 Å². The molecular formula is C17H28N4O. The lowest BCUT2D eigenvalue weighted by Gasteiger charge is -2.32. The molecule has 1 fully saturated rings. The van der Waals surface area contributed by atoms with Gasteiger partial charge < -0.3 is 15.1 Å². The van der Waals surface area contributed by atoms with Crippen LogP contribution in [0.3, 0.4) is 0 Å². The van der Waals surface area contributed by atoms with Gasteiger partial charge in [-0.05, 0) is 58.0 Å². The number of nitrogens with zero attached hydrogens (tertiary/aromatic N) is 3.